The normalized spacial score (nSPS) is 11.4. The zero-order valence-electron chi connectivity index (χ0n) is 13.9. The van der Waals surface area contributed by atoms with Crippen LogP contribution in [0.3, 0.4) is 0 Å². The number of rotatable bonds is 1. The molecule has 0 aliphatic carbocycles. The second kappa shape index (κ2) is 5.38. The van der Waals surface area contributed by atoms with E-state index < -0.39 is 0 Å². The first-order chi connectivity index (χ1) is 12.3. The Morgan fingerprint density at radius 3 is 2.28 bits per heavy atom. The lowest BCUT2D eigenvalue weighted by atomic mass is 9.96. The molecular formula is C23H16N2. The Labute approximate surface area is 145 Å². The monoisotopic (exact) mass is 320 g/mol. The van der Waals surface area contributed by atoms with Gasteiger partial charge in [0.05, 0.1) is 11.0 Å². The number of pyridine rings is 2. The Kier molecular flexibility index (Phi) is 3.04. The lowest BCUT2D eigenvalue weighted by Gasteiger charge is -2.12. The van der Waals surface area contributed by atoms with Crippen LogP contribution in [0, 0.1) is 6.92 Å². The summed E-state index contributed by atoms with van der Waals surface area (Å²) < 4.78 is 0. The molecule has 0 spiro atoms. The van der Waals surface area contributed by atoms with Crippen molar-refractivity contribution >= 4 is 32.8 Å². The average molecular weight is 320 g/mol. The summed E-state index contributed by atoms with van der Waals surface area (Å²) in [5.74, 6) is 0. The van der Waals surface area contributed by atoms with Crippen LogP contribution < -0.4 is 0 Å². The lowest BCUT2D eigenvalue weighted by Crippen LogP contribution is -1.93. The van der Waals surface area contributed by atoms with Crippen LogP contribution in [0.15, 0.2) is 78.9 Å². The van der Waals surface area contributed by atoms with Gasteiger partial charge in [-0.1, -0.05) is 60.7 Å². The van der Waals surface area contributed by atoms with E-state index >= 15 is 0 Å². The van der Waals surface area contributed by atoms with Crippen molar-refractivity contribution in [2.24, 2.45) is 0 Å². The van der Waals surface area contributed by atoms with E-state index in [1.807, 2.05) is 18.2 Å². The van der Waals surface area contributed by atoms with Gasteiger partial charge in [0.25, 0.3) is 0 Å². The third kappa shape index (κ3) is 2.26. The molecule has 0 fully saturated rings. The summed E-state index contributed by atoms with van der Waals surface area (Å²) in [4.78, 5) is 9.70. The summed E-state index contributed by atoms with van der Waals surface area (Å²) >= 11 is 0. The predicted octanol–water partition coefficient (Wildman–Crippen LogP) is 5.91. The van der Waals surface area contributed by atoms with Gasteiger partial charge in [-0.05, 0) is 36.2 Å². The number of hydrogen-bond acceptors (Lipinski definition) is 2. The first-order valence-corrected chi connectivity index (χ1v) is 8.45. The number of hydrogen-bond donors (Lipinski definition) is 0. The van der Waals surface area contributed by atoms with Crippen molar-refractivity contribution in [3.63, 3.8) is 0 Å². The second-order valence-electron chi connectivity index (χ2n) is 6.43. The van der Waals surface area contributed by atoms with Crippen molar-refractivity contribution in [2.75, 3.05) is 0 Å². The van der Waals surface area contributed by atoms with Crippen LogP contribution in [0.4, 0.5) is 0 Å². The molecule has 3 aromatic carbocycles. The Hall–Kier alpha value is -3.26. The van der Waals surface area contributed by atoms with Crippen LogP contribution in [0.25, 0.3) is 44.0 Å². The highest BCUT2D eigenvalue weighted by Crippen LogP contribution is 2.35. The minimum absolute atomic E-state index is 0.802. The Morgan fingerprint density at radius 2 is 1.40 bits per heavy atom. The first-order valence-electron chi connectivity index (χ1n) is 8.45. The van der Waals surface area contributed by atoms with Crippen molar-refractivity contribution in [3.05, 3.63) is 84.4 Å². The van der Waals surface area contributed by atoms with Crippen molar-refractivity contribution in [1.82, 2.24) is 9.97 Å². The zero-order valence-corrected chi connectivity index (χ0v) is 13.9. The van der Waals surface area contributed by atoms with Gasteiger partial charge in [0.15, 0.2) is 5.65 Å². The standard InChI is InChI=1S/C23H16N2/c1-15-11-12-18-21(13-15)25-23-19(22(18)16-7-3-2-4-8-16)14-17-9-5-6-10-20(17)24-23/h2-14H,1H3. The van der Waals surface area contributed by atoms with E-state index in [1.54, 1.807) is 0 Å². The summed E-state index contributed by atoms with van der Waals surface area (Å²) in [5, 5.41) is 3.41. The highest BCUT2D eigenvalue weighted by atomic mass is 14.8. The molecule has 2 heterocycles. The van der Waals surface area contributed by atoms with E-state index in [1.165, 1.54) is 22.1 Å². The molecule has 0 saturated heterocycles. The summed E-state index contributed by atoms with van der Waals surface area (Å²) in [5.41, 5.74) is 6.39. The number of nitrogens with zero attached hydrogens (tertiary/aromatic N) is 2. The van der Waals surface area contributed by atoms with E-state index in [9.17, 15) is 0 Å². The van der Waals surface area contributed by atoms with Gasteiger partial charge in [0.2, 0.25) is 0 Å². The number of fused-ring (bicyclic) bond motifs is 3. The molecule has 0 atom stereocenters. The molecular weight excluding hydrogens is 304 g/mol. The molecule has 2 nitrogen and oxygen atoms in total. The van der Waals surface area contributed by atoms with Crippen molar-refractivity contribution < 1.29 is 0 Å². The maximum absolute atomic E-state index is 4.86. The third-order valence-electron chi connectivity index (χ3n) is 4.68. The molecule has 2 heteroatoms. The first kappa shape index (κ1) is 14.1. The van der Waals surface area contributed by atoms with Crippen LogP contribution in [-0.2, 0) is 0 Å². The molecule has 0 unspecified atom stereocenters. The molecule has 0 N–H and O–H groups in total. The van der Waals surface area contributed by atoms with Gasteiger partial charge < -0.3 is 0 Å². The molecule has 5 rings (SSSR count). The van der Waals surface area contributed by atoms with Crippen LogP contribution >= 0.6 is 0 Å². The number of aromatic nitrogens is 2. The summed E-state index contributed by atoms with van der Waals surface area (Å²) in [7, 11) is 0. The van der Waals surface area contributed by atoms with E-state index in [-0.39, 0.29) is 0 Å². The van der Waals surface area contributed by atoms with Gasteiger partial charge in [-0.3, -0.25) is 0 Å². The van der Waals surface area contributed by atoms with Crippen molar-refractivity contribution in [3.8, 4) is 11.1 Å². The van der Waals surface area contributed by atoms with Gasteiger partial charge in [0.1, 0.15) is 0 Å². The molecule has 0 aliphatic heterocycles. The zero-order chi connectivity index (χ0) is 16.8. The number of aryl methyl sites for hydroxylation is 1. The highest BCUT2D eigenvalue weighted by molar-refractivity contribution is 6.11. The van der Waals surface area contributed by atoms with Gasteiger partial charge >= 0.3 is 0 Å². The highest BCUT2D eigenvalue weighted by Gasteiger charge is 2.13. The average Bonchev–Trinajstić information content (AvgIpc) is 2.65. The maximum atomic E-state index is 4.86. The van der Waals surface area contributed by atoms with Crippen LogP contribution in [0.5, 0.6) is 0 Å². The second-order valence-corrected chi connectivity index (χ2v) is 6.43. The molecule has 0 aliphatic rings. The van der Waals surface area contributed by atoms with Gasteiger partial charge in [-0.25, -0.2) is 9.97 Å². The Balaban J connectivity index is 2.02. The minimum Gasteiger partial charge on any atom is -0.228 e. The molecule has 0 radical (unpaired) electrons. The van der Waals surface area contributed by atoms with Gasteiger partial charge in [-0.15, -0.1) is 0 Å². The predicted molar refractivity (Wildman–Crippen MR) is 105 cm³/mol. The van der Waals surface area contributed by atoms with E-state index in [2.05, 4.69) is 67.6 Å². The van der Waals surface area contributed by atoms with Gasteiger partial charge in [0, 0.05) is 21.7 Å². The third-order valence-corrected chi connectivity index (χ3v) is 4.68. The van der Waals surface area contributed by atoms with Crippen molar-refractivity contribution in [2.45, 2.75) is 6.92 Å². The van der Waals surface area contributed by atoms with E-state index in [0.717, 1.165) is 27.5 Å². The number of benzene rings is 3. The quantitative estimate of drug-likeness (QED) is 0.359. The van der Waals surface area contributed by atoms with Crippen LogP contribution in [0.2, 0.25) is 0 Å². The molecule has 118 valence electrons. The van der Waals surface area contributed by atoms with Gasteiger partial charge in [-0.2, -0.15) is 0 Å². The summed E-state index contributed by atoms with van der Waals surface area (Å²) in [6.07, 6.45) is 0. The van der Waals surface area contributed by atoms with E-state index in [0.29, 0.717) is 0 Å². The van der Waals surface area contributed by atoms with E-state index in [4.69, 9.17) is 9.97 Å². The fraction of sp³-hybridized carbons (Fsp3) is 0.0435. The summed E-state index contributed by atoms with van der Waals surface area (Å²) in [6, 6.07) is 27.4. The Bertz CT molecular complexity index is 1240. The smallest absolute Gasteiger partial charge is 0.161 e. The lowest BCUT2D eigenvalue weighted by molar-refractivity contribution is 1.36. The molecule has 0 bridgehead atoms. The molecule has 5 aromatic rings. The maximum Gasteiger partial charge on any atom is 0.161 e. The number of para-hydroxylation sites is 1. The molecule has 0 saturated carbocycles. The topological polar surface area (TPSA) is 25.8 Å². The SMILES string of the molecule is Cc1ccc2c(-c3ccccc3)c3cc4ccccc4nc3nc2c1. The fourth-order valence-electron chi connectivity index (χ4n) is 3.50. The molecule has 2 aromatic heterocycles. The van der Waals surface area contributed by atoms with Crippen LogP contribution in [-0.4, -0.2) is 9.97 Å². The van der Waals surface area contributed by atoms with Crippen molar-refractivity contribution in [1.29, 1.82) is 0 Å². The summed E-state index contributed by atoms with van der Waals surface area (Å²) in [6.45, 7) is 2.10. The fourth-order valence-corrected chi connectivity index (χ4v) is 3.50. The molecule has 25 heavy (non-hydrogen) atoms. The van der Waals surface area contributed by atoms with Crippen LogP contribution in [0.1, 0.15) is 5.56 Å². The Morgan fingerprint density at radius 1 is 0.640 bits per heavy atom. The molecule has 0 amide bonds. The minimum atomic E-state index is 0.802. The largest absolute Gasteiger partial charge is 0.228 e.